The molecule has 0 aromatic heterocycles. The smallest absolute Gasteiger partial charge is 0.135 e. The molecule has 1 fully saturated rings. The van der Waals surface area contributed by atoms with Crippen molar-refractivity contribution in [3.05, 3.63) is 29.6 Å². The van der Waals surface area contributed by atoms with Gasteiger partial charge in [0.1, 0.15) is 10.8 Å². The highest BCUT2D eigenvalue weighted by atomic mass is 32.1. The Hall–Kier alpha value is -1.20. The Bertz CT molecular complexity index is 444. The van der Waals surface area contributed by atoms with Crippen LogP contribution in [0.5, 0.6) is 0 Å². The van der Waals surface area contributed by atoms with Gasteiger partial charge in [0.25, 0.3) is 0 Å². The minimum absolute atomic E-state index is 0.0959. The normalized spacial score (nSPS) is 16.3. The van der Waals surface area contributed by atoms with E-state index in [4.69, 9.17) is 18.0 Å². The molecule has 1 aromatic carbocycles. The molecule has 0 atom stereocenters. The molecule has 1 heterocycles. The lowest BCUT2D eigenvalue weighted by Gasteiger charge is -2.26. The molecule has 19 heavy (non-hydrogen) atoms. The summed E-state index contributed by atoms with van der Waals surface area (Å²) in [4.78, 5) is 2.52. The van der Waals surface area contributed by atoms with Crippen molar-refractivity contribution in [1.29, 1.82) is 0 Å². The van der Waals surface area contributed by atoms with Crippen molar-refractivity contribution >= 4 is 22.9 Å². The number of thiocarbonyl (C=S) groups is 1. The van der Waals surface area contributed by atoms with Gasteiger partial charge in [0.05, 0.1) is 5.56 Å². The monoisotopic (exact) mass is 281 g/mol. The molecule has 3 nitrogen and oxygen atoms in total. The number of benzene rings is 1. The zero-order chi connectivity index (χ0) is 13.7. The van der Waals surface area contributed by atoms with E-state index in [1.54, 1.807) is 6.07 Å². The maximum Gasteiger partial charge on any atom is 0.135 e. The van der Waals surface area contributed by atoms with E-state index in [9.17, 15) is 4.39 Å². The second-order valence-electron chi connectivity index (χ2n) is 4.86. The van der Waals surface area contributed by atoms with Gasteiger partial charge in [-0.05, 0) is 38.1 Å². The van der Waals surface area contributed by atoms with E-state index in [1.807, 2.05) is 6.07 Å². The lowest BCUT2D eigenvalue weighted by molar-refractivity contribution is 0.237. The van der Waals surface area contributed by atoms with E-state index in [1.165, 1.54) is 25.3 Å². The van der Waals surface area contributed by atoms with Crippen LogP contribution in [0.4, 0.5) is 10.1 Å². The molecule has 1 saturated heterocycles. The number of anilines is 1. The lowest BCUT2D eigenvalue weighted by Crippen LogP contribution is -2.34. The summed E-state index contributed by atoms with van der Waals surface area (Å²) in [5, 5.41) is 3.23. The minimum atomic E-state index is -0.365. The molecule has 104 valence electrons. The Morgan fingerprint density at radius 3 is 2.74 bits per heavy atom. The molecule has 3 N–H and O–H groups in total. The highest BCUT2D eigenvalue weighted by Gasteiger charge is 2.12. The number of nitrogens with zero attached hydrogens (tertiary/aromatic N) is 1. The molecule has 2 rings (SSSR count). The van der Waals surface area contributed by atoms with Crippen molar-refractivity contribution in [3.8, 4) is 0 Å². The van der Waals surface area contributed by atoms with E-state index < -0.39 is 0 Å². The van der Waals surface area contributed by atoms with Gasteiger partial charge in [0, 0.05) is 18.8 Å². The van der Waals surface area contributed by atoms with Crippen molar-refractivity contribution in [3.63, 3.8) is 0 Å². The molecule has 0 bridgehead atoms. The van der Waals surface area contributed by atoms with Gasteiger partial charge in [-0.2, -0.15) is 0 Å². The second-order valence-corrected chi connectivity index (χ2v) is 5.30. The lowest BCUT2D eigenvalue weighted by atomic mass is 10.1. The van der Waals surface area contributed by atoms with Gasteiger partial charge in [-0.1, -0.05) is 24.7 Å². The maximum atomic E-state index is 13.7. The van der Waals surface area contributed by atoms with Crippen LogP contribution in [0.15, 0.2) is 18.2 Å². The van der Waals surface area contributed by atoms with Crippen LogP contribution in [-0.2, 0) is 0 Å². The number of piperidine rings is 1. The van der Waals surface area contributed by atoms with Crippen LogP contribution in [0.1, 0.15) is 24.8 Å². The average molecular weight is 281 g/mol. The molecule has 1 aliphatic rings. The van der Waals surface area contributed by atoms with Crippen LogP contribution in [0.3, 0.4) is 0 Å². The standard InChI is InChI=1S/C14H20FN3S/c15-11-5-4-6-12(13(11)14(16)19)17-7-10-18-8-2-1-3-9-18/h4-6,17H,1-3,7-10H2,(H2,16,19). The summed E-state index contributed by atoms with van der Waals surface area (Å²) in [6, 6.07) is 4.86. The molecule has 0 aliphatic carbocycles. The summed E-state index contributed by atoms with van der Waals surface area (Å²) in [7, 11) is 0. The van der Waals surface area contributed by atoms with Gasteiger partial charge < -0.3 is 16.0 Å². The van der Waals surface area contributed by atoms with Gasteiger partial charge in [-0.3, -0.25) is 0 Å². The third-order valence-electron chi connectivity index (χ3n) is 3.45. The highest BCUT2D eigenvalue weighted by molar-refractivity contribution is 7.80. The molecular weight excluding hydrogens is 261 g/mol. The Morgan fingerprint density at radius 2 is 2.05 bits per heavy atom. The van der Waals surface area contributed by atoms with E-state index in [-0.39, 0.29) is 10.8 Å². The number of halogens is 1. The molecule has 5 heteroatoms. The summed E-state index contributed by atoms with van der Waals surface area (Å²) >= 11 is 4.90. The molecule has 0 spiro atoms. The van der Waals surface area contributed by atoms with Crippen LogP contribution in [-0.4, -0.2) is 36.1 Å². The molecule has 0 amide bonds. The highest BCUT2D eigenvalue weighted by Crippen LogP contribution is 2.18. The predicted molar refractivity (Wildman–Crippen MR) is 81.1 cm³/mol. The fourth-order valence-electron chi connectivity index (χ4n) is 2.45. The molecule has 0 unspecified atom stereocenters. The number of rotatable bonds is 5. The van der Waals surface area contributed by atoms with Crippen molar-refractivity contribution in [2.45, 2.75) is 19.3 Å². The number of hydrogen-bond donors (Lipinski definition) is 2. The largest absolute Gasteiger partial charge is 0.389 e. The maximum absolute atomic E-state index is 13.7. The number of nitrogens with two attached hydrogens (primary N) is 1. The van der Waals surface area contributed by atoms with E-state index in [2.05, 4.69) is 10.2 Å². The third kappa shape index (κ3) is 3.88. The van der Waals surface area contributed by atoms with Crippen LogP contribution < -0.4 is 11.1 Å². The SMILES string of the molecule is NC(=S)c1c(F)cccc1NCCN1CCCCC1. The summed E-state index contributed by atoms with van der Waals surface area (Å²) in [6.45, 7) is 4.06. The number of nitrogens with one attached hydrogen (secondary N) is 1. The zero-order valence-corrected chi connectivity index (χ0v) is 11.8. The van der Waals surface area contributed by atoms with Crippen LogP contribution in [0, 0.1) is 5.82 Å². The van der Waals surface area contributed by atoms with E-state index in [0.717, 1.165) is 26.2 Å². The van der Waals surface area contributed by atoms with E-state index >= 15 is 0 Å². The molecular formula is C14H20FN3S. The van der Waals surface area contributed by atoms with Crippen LogP contribution in [0.25, 0.3) is 0 Å². The van der Waals surface area contributed by atoms with Gasteiger partial charge in [0.2, 0.25) is 0 Å². The quantitative estimate of drug-likeness (QED) is 0.813. The van der Waals surface area contributed by atoms with Crippen molar-refractivity contribution < 1.29 is 4.39 Å². The molecule has 1 aromatic rings. The summed E-state index contributed by atoms with van der Waals surface area (Å²) in [5.74, 6) is -0.365. The first-order chi connectivity index (χ1) is 9.18. The predicted octanol–water partition coefficient (Wildman–Crippen LogP) is 2.36. The van der Waals surface area contributed by atoms with Crippen LogP contribution >= 0.6 is 12.2 Å². The van der Waals surface area contributed by atoms with Crippen molar-refractivity contribution in [2.75, 3.05) is 31.5 Å². The van der Waals surface area contributed by atoms with Crippen LogP contribution in [0.2, 0.25) is 0 Å². The van der Waals surface area contributed by atoms with Crippen molar-refractivity contribution in [1.82, 2.24) is 4.90 Å². The summed E-state index contributed by atoms with van der Waals surface area (Å²) in [6.07, 6.45) is 3.88. The van der Waals surface area contributed by atoms with Gasteiger partial charge in [0.15, 0.2) is 0 Å². The molecule has 1 aliphatic heterocycles. The van der Waals surface area contributed by atoms with Crippen molar-refractivity contribution in [2.24, 2.45) is 5.73 Å². The first-order valence-corrected chi connectivity index (χ1v) is 7.14. The third-order valence-corrected chi connectivity index (χ3v) is 3.66. The molecule has 0 saturated carbocycles. The summed E-state index contributed by atoms with van der Waals surface area (Å²) < 4.78 is 13.7. The van der Waals surface area contributed by atoms with Gasteiger partial charge >= 0.3 is 0 Å². The number of likely N-dealkylation sites (tertiary alicyclic amines) is 1. The Labute approximate surface area is 119 Å². The average Bonchev–Trinajstić information content (AvgIpc) is 2.39. The minimum Gasteiger partial charge on any atom is -0.389 e. The first-order valence-electron chi connectivity index (χ1n) is 6.73. The topological polar surface area (TPSA) is 41.3 Å². The van der Waals surface area contributed by atoms with Gasteiger partial charge in [-0.15, -0.1) is 0 Å². The Kier molecular flexibility index (Phi) is 5.10. The Balaban J connectivity index is 1.92. The molecule has 0 radical (unpaired) electrons. The van der Waals surface area contributed by atoms with E-state index in [0.29, 0.717) is 11.3 Å². The number of hydrogen-bond acceptors (Lipinski definition) is 3. The second kappa shape index (κ2) is 6.82. The summed E-state index contributed by atoms with van der Waals surface area (Å²) in [5.41, 5.74) is 6.57. The Morgan fingerprint density at radius 1 is 1.32 bits per heavy atom. The first kappa shape index (κ1) is 14.2. The fourth-order valence-corrected chi connectivity index (χ4v) is 2.66. The fraction of sp³-hybridized carbons (Fsp3) is 0.500. The van der Waals surface area contributed by atoms with Gasteiger partial charge in [-0.25, -0.2) is 4.39 Å². The zero-order valence-electron chi connectivity index (χ0n) is 11.0.